The molecule has 0 bridgehead atoms. The predicted octanol–water partition coefficient (Wildman–Crippen LogP) is -23.2. The van der Waals surface area contributed by atoms with Gasteiger partial charge >= 0.3 is 0 Å². The third-order valence-corrected chi connectivity index (χ3v) is 24.9. The molecule has 11 aliphatic rings. The number of ether oxygens (including phenoxy) is 21. The molecule has 0 aliphatic carbocycles. The van der Waals surface area contributed by atoms with Crippen LogP contribution in [0.5, 0.6) is 0 Å². The maximum atomic E-state index is 13.9. The first kappa shape index (κ1) is 112. The van der Waals surface area contributed by atoms with Gasteiger partial charge in [-0.15, -0.1) is 0 Å². The quantitative estimate of drug-likeness (QED) is 0.0280. The summed E-state index contributed by atoms with van der Waals surface area (Å²) in [6, 6.07) is -9.86. The van der Waals surface area contributed by atoms with E-state index in [9.17, 15) is 172 Å². The van der Waals surface area contributed by atoms with Crippen LogP contribution in [0.2, 0.25) is 0 Å². The van der Waals surface area contributed by atoms with Gasteiger partial charge in [-0.2, -0.15) is 0 Å². The van der Waals surface area contributed by atoms with Crippen LogP contribution < -0.4 is 26.6 Å². The monoisotopic (exact) mass is 1990 g/mol. The Morgan fingerprint density at radius 2 is 0.471 bits per heavy atom. The summed E-state index contributed by atoms with van der Waals surface area (Å²) in [4.78, 5) is 65.4. The summed E-state index contributed by atoms with van der Waals surface area (Å²) in [6.45, 7) is -6.16. The molecule has 11 aliphatic heterocycles. The highest BCUT2D eigenvalue weighted by Crippen LogP contribution is 2.43. The van der Waals surface area contributed by atoms with Crippen molar-refractivity contribution in [3.63, 3.8) is 0 Å². The van der Waals surface area contributed by atoms with Gasteiger partial charge in [-0.1, -0.05) is 0 Å². The second-order valence-corrected chi connectivity index (χ2v) is 34.5. The molecule has 11 saturated heterocycles. The van der Waals surface area contributed by atoms with Crippen LogP contribution in [-0.4, -0.2) is 581 Å². The molecule has 60 heteroatoms. The smallest absolute Gasteiger partial charge is 0.217 e. The van der Waals surface area contributed by atoms with E-state index in [1.807, 2.05) is 0 Å². The van der Waals surface area contributed by atoms with Crippen molar-refractivity contribution >= 4 is 29.5 Å². The maximum absolute atomic E-state index is 13.9. The van der Waals surface area contributed by atoms with Gasteiger partial charge in [-0.3, -0.25) is 24.0 Å². The Balaban J connectivity index is 1.03. The van der Waals surface area contributed by atoms with Crippen LogP contribution in [0.15, 0.2) is 0 Å². The van der Waals surface area contributed by atoms with Crippen LogP contribution in [0.1, 0.15) is 41.5 Å². The molecule has 34 N–H and O–H groups in total. The standard InChI is InChI=1S/C76H127N5O55/c1-17-38(96)48(106)52(110)71(117-17)133-62-37(81-22(6)95)70(125-31(15-90)61(62)132-73-54(112)50(108)41(99)25(9-84)121-73)136-65-55(113)60(129-69-36(80-21(5)94)46(104)58(28(12-87)124-69)130-72-53(111)49(107)40(98)24(8-83)120-72)30(14-89)126-76(65)134-63-43(101)32(16-116-75-64(51(109)42(100)26(10-85)122-75)135-67-34(78-19(3)92)44(102)39(97)23(7-82)119-67)127-74(56(63)114)131-59-29(13-88)123-68(35(47(59)105)79-20(4)93)128-57-27(11-86)118-66(115)33(45(57)103)77-18(2)91/h17,23-76,82-90,96-115H,7-16H2,1-6H3,(H,77,91)(H,78,92)(H,79,93)(H,80,94)(H,81,95)/t17-,23+,24+,25+,26+,27+,28+,29+,30+,31+,32+,33+,34+,35+,36+,37+,38+,39+,40-,41-,42+,43+,44+,45+,46+,47+,48+,49-,50-,51-,52-,53+,54+,55-,56-,57+,58+,59+,60+,61+,62+,63-,64-,65-,66+,67-,68-,69-,70-,71-,72-,73-,74-,75-,76+/m0/s1. The molecule has 0 aromatic carbocycles. The summed E-state index contributed by atoms with van der Waals surface area (Å²) < 4.78 is 128. The van der Waals surface area contributed by atoms with Crippen molar-refractivity contribution in [2.75, 3.05) is 66.1 Å². The second-order valence-electron chi connectivity index (χ2n) is 34.5. The first-order chi connectivity index (χ1) is 64.3. The van der Waals surface area contributed by atoms with Crippen LogP contribution in [0.25, 0.3) is 0 Å². The molecule has 0 aromatic heterocycles. The Bertz CT molecular complexity index is 3760. The van der Waals surface area contributed by atoms with Crippen LogP contribution in [-0.2, 0) is 123 Å². The minimum absolute atomic E-state index is 0.828. The summed E-state index contributed by atoms with van der Waals surface area (Å²) in [5, 5.41) is 340. The SMILES string of the molecule is CC(=O)N[C@@H]1[C@@H](O)[C@H](O[C@@H]2O[C@H](CO)[C@@H](O[C@@H]3O[C@H](CO[C@H]4O[C@H](CO)[C@@H](O)[C@H](O)[C@@H]4O[C@@H]4O[C@H](CO)[C@@H](O)[C@H](O)[C@H]4NC(C)=O)[C@@H](O)[C@H](O[C@H]4O[C@H](CO)[C@@H](O[C@@H]5O[C@H](CO)[C@@H](O[C@@H]6O[C@H](CO)[C@H](O)[C@H](O)[C@H]6O)[C@H](O)[C@H]5NC(C)=O)[C@H](O)[C@@H]4O[C@@H]4O[C@H](CO)[C@@H](O[C@@H]5O[C@H](CO)[C@H](O)[C@H](O)[C@H]5O)[C@H](O[C@@H]5O[C@@H](C)[C@@H](O)[C@@H](O)[C@@H]5O)[C@H]4NC(C)=O)[C@@H]3O)[C@H](O)[C@H]2NC(C)=O)[C@@H](CO)O[C@H]1O. The Hall–Kier alpha value is -4.65. The highest BCUT2D eigenvalue weighted by Gasteiger charge is 2.64. The highest BCUT2D eigenvalue weighted by atomic mass is 16.8. The lowest BCUT2D eigenvalue weighted by Crippen LogP contribution is -2.72. The lowest BCUT2D eigenvalue weighted by molar-refractivity contribution is -0.410. The van der Waals surface area contributed by atoms with E-state index in [4.69, 9.17) is 99.5 Å². The molecule has 55 atom stereocenters. The van der Waals surface area contributed by atoms with Crippen molar-refractivity contribution in [1.29, 1.82) is 0 Å². The average molecular weight is 1990 g/mol. The Kier molecular flexibility index (Phi) is 40.1. The van der Waals surface area contributed by atoms with E-state index in [0.717, 1.165) is 34.6 Å². The number of hydrogen-bond acceptors (Lipinski definition) is 55. The molecule has 786 valence electrons. The highest BCUT2D eigenvalue weighted by molar-refractivity contribution is 5.75. The van der Waals surface area contributed by atoms with E-state index in [1.165, 1.54) is 6.92 Å². The van der Waals surface area contributed by atoms with Gasteiger partial charge in [0.2, 0.25) is 29.5 Å². The topological polar surface area (TPSA) is 926 Å². The fourth-order valence-corrected chi connectivity index (χ4v) is 17.8. The van der Waals surface area contributed by atoms with Gasteiger partial charge in [0.15, 0.2) is 69.2 Å². The molecule has 11 heterocycles. The third kappa shape index (κ3) is 24.6. The zero-order valence-electron chi connectivity index (χ0n) is 73.4. The second kappa shape index (κ2) is 48.8. The summed E-state index contributed by atoms with van der Waals surface area (Å²) in [7, 11) is 0. The summed E-state index contributed by atoms with van der Waals surface area (Å²) in [5.41, 5.74) is 0. The molecule has 60 nitrogen and oxygen atoms in total. The van der Waals surface area contributed by atoms with Crippen LogP contribution in [0, 0.1) is 0 Å². The van der Waals surface area contributed by atoms with Gasteiger partial charge in [0.05, 0.1) is 72.2 Å². The minimum Gasteiger partial charge on any atom is -0.394 e. The molecule has 0 saturated carbocycles. The van der Waals surface area contributed by atoms with Crippen LogP contribution >= 0.6 is 0 Å². The maximum Gasteiger partial charge on any atom is 0.217 e. The molecule has 11 rings (SSSR count). The molecule has 0 unspecified atom stereocenters. The minimum atomic E-state index is -2.77. The van der Waals surface area contributed by atoms with E-state index < -0.39 is 433 Å². The number of carbonyl (C=O) groups is 5. The van der Waals surface area contributed by atoms with Gasteiger partial charge in [0.25, 0.3) is 0 Å². The molecule has 0 spiro atoms. The molecular formula is C76H127N5O55. The average Bonchev–Trinajstić information content (AvgIpc) is 0.751. The fraction of sp³-hybridized carbons (Fsp3) is 0.934. The lowest BCUT2D eigenvalue weighted by Gasteiger charge is -2.53. The first-order valence-corrected chi connectivity index (χ1v) is 43.5. The summed E-state index contributed by atoms with van der Waals surface area (Å²) in [6.07, 6.45) is -109. The number of rotatable bonds is 35. The summed E-state index contributed by atoms with van der Waals surface area (Å²) in [5.74, 6) is -4.88. The van der Waals surface area contributed by atoms with Crippen molar-refractivity contribution in [3.05, 3.63) is 0 Å². The molecule has 11 fully saturated rings. The number of carbonyl (C=O) groups excluding carboxylic acids is 5. The van der Waals surface area contributed by atoms with Crippen LogP contribution in [0.4, 0.5) is 0 Å². The van der Waals surface area contributed by atoms with Gasteiger partial charge < -0.3 is 274 Å². The van der Waals surface area contributed by atoms with E-state index in [-0.39, 0.29) is 0 Å². The number of nitrogens with one attached hydrogen (secondary N) is 5. The predicted molar refractivity (Wildman–Crippen MR) is 419 cm³/mol. The van der Waals surface area contributed by atoms with Gasteiger partial charge in [-0.25, -0.2) is 0 Å². The normalized spacial score (nSPS) is 49.2. The largest absolute Gasteiger partial charge is 0.394 e. The third-order valence-electron chi connectivity index (χ3n) is 24.9. The van der Waals surface area contributed by atoms with Crippen molar-refractivity contribution in [3.8, 4) is 0 Å². The molecule has 136 heavy (non-hydrogen) atoms. The lowest BCUT2D eigenvalue weighted by atomic mass is 9.93. The number of hydrogen-bond donors (Lipinski definition) is 34. The van der Waals surface area contributed by atoms with Crippen molar-refractivity contribution in [1.82, 2.24) is 26.6 Å². The molecule has 0 aromatic rings. The van der Waals surface area contributed by atoms with E-state index in [0.29, 0.717) is 0 Å². The molecule has 0 radical (unpaired) electrons. The number of aliphatic hydroxyl groups excluding tert-OH is 29. The molecule has 5 amide bonds. The summed E-state index contributed by atoms with van der Waals surface area (Å²) >= 11 is 0. The van der Waals surface area contributed by atoms with Crippen molar-refractivity contribution in [2.45, 2.75) is 379 Å². The number of amides is 5. The van der Waals surface area contributed by atoms with E-state index in [2.05, 4.69) is 26.6 Å². The van der Waals surface area contributed by atoms with E-state index >= 15 is 0 Å². The van der Waals surface area contributed by atoms with Crippen LogP contribution in [0.3, 0.4) is 0 Å². The Morgan fingerprint density at radius 3 is 0.897 bits per heavy atom. The fourth-order valence-electron chi connectivity index (χ4n) is 17.8. The van der Waals surface area contributed by atoms with Gasteiger partial charge in [-0.05, 0) is 6.92 Å². The Morgan fingerprint density at radius 1 is 0.206 bits per heavy atom. The van der Waals surface area contributed by atoms with Gasteiger partial charge in [0, 0.05) is 34.6 Å². The first-order valence-electron chi connectivity index (χ1n) is 43.5. The Labute approximate surface area is 770 Å². The zero-order chi connectivity index (χ0) is 100. The van der Waals surface area contributed by atoms with Crippen molar-refractivity contribution in [2.24, 2.45) is 0 Å². The molecular weight excluding hydrogens is 1860 g/mol. The van der Waals surface area contributed by atoms with Gasteiger partial charge in [0.1, 0.15) is 262 Å². The van der Waals surface area contributed by atoms with Crippen molar-refractivity contribution < 1.29 is 272 Å². The van der Waals surface area contributed by atoms with E-state index in [1.54, 1.807) is 0 Å². The number of aliphatic hydroxyl groups is 29. The zero-order valence-corrected chi connectivity index (χ0v) is 73.4.